The van der Waals surface area contributed by atoms with Crippen LogP contribution >= 0.6 is 0 Å². The van der Waals surface area contributed by atoms with Crippen molar-refractivity contribution in [1.29, 1.82) is 0 Å². The van der Waals surface area contributed by atoms with Crippen molar-refractivity contribution in [2.24, 2.45) is 0 Å². The Balaban J connectivity index is 1.81. The summed E-state index contributed by atoms with van der Waals surface area (Å²) < 4.78 is 5.91. The first-order chi connectivity index (χ1) is 10.2. The molecular weight excluding hydrogens is 262 g/mol. The lowest BCUT2D eigenvalue weighted by Crippen LogP contribution is -2.33. The third kappa shape index (κ3) is 5.10. The number of aliphatic hydroxyl groups excluding tert-OH is 1. The first-order valence-electron chi connectivity index (χ1n) is 8.30. The molecule has 1 aliphatic heterocycles. The van der Waals surface area contributed by atoms with Crippen LogP contribution in [0.15, 0.2) is 24.3 Å². The van der Waals surface area contributed by atoms with Gasteiger partial charge in [0.2, 0.25) is 0 Å². The van der Waals surface area contributed by atoms with Gasteiger partial charge in [-0.05, 0) is 50.4 Å². The largest absolute Gasteiger partial charge is 0.389 e. The molecule has 1 saturated heterocycles. The van der Waals surface area contributed by atoms with Gasteiger partial charge in [0, 0.05) is 6.54 Å². The predicted molar refractivity (Wildman–Crippen MR) is 86.5 cm³/mol. The number of aryl methyl sites for hydroxylation is 1. The van der Waals surface area contributed by atoms with E-state index in [9.17, 15) is 5.11 Å². The van der Waals surface area contributed by atoms with Crippen LogP contribution in [0.3, 0.4) is 0 Å². The molecule has 1 heterocycles. The Morgan fingerprint density at radius 1 is 1.24 bits per heavy atom. The van der Waals surface area contributed by atoms with E-state index < -0.39 is 0 Å². The number of nitrogens with zero attached hydrogens (tertiary/aromatic N) is 1. The molecule has 3 heteroatoms. The van der Waals surface area contributed by atoms with Crippen molar-refractivity contribution in [2.75, 3.05) is 26.2 Å². The van der Waals surface area contributed by atoms with E-state index >= 15 is 0 Å². The Hall–Kier alpha value is -0.900. The second-order valence-corrected chi connectivity index (χ2v) is 6.09. The summed E-state index contributed by atoms with van der Waals surface area (Å²) in [4.78, 5) is 2.32. The molecule has 1 aliphatic rings. The normalized spacial score (nSPS) is 18.8. The lowest BCUT2D eigenvalue weighted by molar-refractivity contribution is -0.0136. The molecule has 2 rings (SSSR count). The number of rotatable bonds is 8. The molecule has 0 amide bonds. The third-order valence-electron chi connectivity index (χ3n) is 4.22. The maximum atomic E-state index is 10.1. The van der Waals surface area contributed by atoms with Crippen molar-refractivity contribution in [1.82, 2.24) is 4.90 Å². The fraction of sp³-hybridized carbons (Fsp3) is 0.667. The fourth-order valence-corrected chi connectivity index (χ4v) is 3.09. The zero-order valence-corrected chi connectivity index (χ0v) is 13.4. The number of hydrogen-bond donors (Lipinski definition) is 1. The molecule has 2 atom stereocenters. The van der Waals surface area contributed by atoms with Crippen LogP contribution in [0.4, 0.5) is 0 Å². The topological polar surface area (TPSA) is 32.7 Å². The monoisotopic (exact) mass is 291 g/mol. The van der Waals surface area contributed by atoms with Crippen molar-refractivity contribution in [2.45, 2.75) is 51.7 Å². The average molecular weight is 291 g/mol. The average Bonchev–Trinajstić information content (AvgIpc) is 2.98. The van der Waals surface area contributed by atoms with E-state index in [4.69, 9.17) is 4.74 Å². The van der Waals surface area contributed by atoms with Gasteiger partial charge in [0.05, 0.1) is 18.8 Å². The van der Waals surface area contributed by atoms with Crippen LogP contribution in [0, 0.1) is 0 Å². The Bertz CT molecular complexity index is 415. The number of aliphatic hydroxyl groups is 1. The lowest BCUT2D eigenvalue weighted by atomic mass is 10.00. The van der Waals surface area contributed by atoms with Gasteiger partial charge >= 0.3 is 0 Å². The van der Waals surface area contributed by atoms with E-state index in [-0.39, 0.29) is 12.2 Å². The smallest absolute Gasteiger partial charge is 0.0900 e. The zero-order valence-electron chi connectivity index (χ0n) is 13.4. The molecule has 1 N–H and O–H groups in total. The van der Waals surface area contributed by atoms with Crippen LogP contribution in [-0.4, -0.2) is 42.4 Å². The molecule has 1 fully saturated rings. The quantitative estimate of drug-likeness (QED) is 0.798. The highest BCUT2D eigenvalue weighted by atomic mass is 16.5. The van der Waals surface area contributed by atoms with E-state index in [1.54, 1.807) is 0 Å². The summed E-state index contributed by atoms with van der Waals surface area (Å²) in [5.74, 6) is 0. The van der Waals surface area contributed by atoms with Crippen molar-refractivity contribution >= 4 is 0 Å². The summed E-state index contributed by atoms with van der Waals surface area (Å²) in [6, 6.07) is 8.47. The van der Waals surface area contributed by atoms with Crippen LogP contribution in [0.2, 0.25) is 0 Å². The fourth-order valence-electron chi connectivity index (χ4n) is 3.09. The van der Waals surface area contributed by atoms with E-state index in [1.165, 1.54) is 24.0 Å². The number of ether oxygens (including phenoxy) is 1. The van der Waals surface area contributed by atoms with Crippen LogP contribution < -0.4 is 0 Å². The summed E-state index contributed by atoms with van der Waals surface area (Å²) in [5.41, 5.74) is 2.62. The number of hydrogen-bond acceptors (Lipinski definition) is 3. The summed E-state index contributed by atoms with van der Waals surface area (Å²) in [7, 11) is 0. The molecule has 0 bridgehead atoms. The van der Waals surface area contributed by atoms with Crippen LogP contribution in [0.5, 0.6) is 0 Å². The highest BCUT2D eigenvalue weighted by Crippen LogP contribution is 2.22. The Labute approximate surface area is 128 Å². The molecule has 2 unspecified atom stereocenters. The van der Waals surface area contributed by atoms with E-state index in [1.807, 2.05) is 0 Å². The first kappa shape index (κ1) is 16.5. The molecule has 0 aliphatic carbocycles. The Morgan fingerprint density at radius 3 is 2.67 bits per heavy atom. The highest BCUT2D eigenvalue weighted by Gasteiger charge is 2.17. The van der Waals surface area contributed by atoms with Crippen molar-refractivity contribution < 1.29 is 9.84 Å². The van der Waals surface area contributed by atoms with Crippen molar-refractivity contribution in [3.8, 4) is 0 Å². The van der Waals surface area contributed by atoms with Gasteiger partial charge in [-0.15, -0.1) is 0 Å². The summed E-state index contributed by atoms with van der Waals surface area (Å²) in [5, 5.41) is 10.1. The molecule has 21 heavy (non-hydrogen) atoms. The molecule has 0 saturated carbocycles. The maximum Gasteiger partial charge on any atom is 0.0900 e. The summed E-state index contributed by atoms with van der Waals surface area (Å²) in [6.45, 7) is 7.67. The van der Waals surface area contributed by atoms with Gasteiger partial charge < -0.3 is 14.7 Å². The standard InChI is InChI=1S/C18H29NO2/c1-3-8-16-9-4-5-10-18(16)15(2)21-14-17(20)13-19-11-6-7-12-19/h4-5,9-10,15,17,20H,3,6-8,11-14H2,1-2H3. The van der Waals surface area contributed by atoms with Gasteiger partial charge in [0.1, 0.15) is 0 Å². The van der Waals surface area contributed by atoms with E-state index in [0.717, 1.165) is 32.5 Å². The second-order valence-electron chi connectivity index (χ2n) is 6.09. The molecule has 1 aromatic rings. The van der Waals surface area contributed by atoms with E-state index in [2.05, 4.69) is 43.0 Å². The second kappa shape index (κ2) is 8.52. The van der Waals surface area contributed by atoms with E-state index in [0.29, 0.717) is 6.61 Å². The molecule has 0 radical (unpaired) electrons. The minimum atomic E-state index is -0.385. The maximum absolute atomic E-state index is 10.1. The zero-order chi connectivity index (χ0) is 15.1. The molecule has 3 nitrogen and oxygen atoms in total. The first-order valence-corrected chi connectivity index (χ1v) is 8.30. The third-order valence-corrected chi connectivity index (χ3v) is 4.22. The van der Waals surface area contributed by atoms with Gasteiger partial charge in [-0.2, -0.15) is 0 Å². The lowest BCUT2D eigenvalue weighted by Gasteiger charge is -2.22. The minimum Gasteiger partial charge on any atom is -0.389 e. The van der Waals surface area contributed by atoms with Gasteiger partial charge in [0.25, 0.3) is 0 Å². The SMILES string of the molecule is CCCc1ccccc1C(C)OCC(O)CN1CCCC1. The minimum absolute atomic E-state index is 0.0426. The van der Waals surface area contributed by atoms with Gasteiger partial charge in [0.15, 0.2) is 0 Å². The molecule has 1 aromatic carbocycles. The number of benzene rings is 1. The van der Waals surface area contributed by atoms with Crippen LogP contribution in [0.1, 0.15) is 50.3 Å². The molecule has 0 spiro atoms. The van der Waals surface area contributed by atoms with Crippen molar-refractivity contribution in [3.05, 3.63) is 35.4 Å². The van der Waals surface area contributed by atoms with Crippen LogP contribution in [-0.2, 0) is 11.2 Å². The van der Waals surface area contributed by atoms with Gasteiger partial charge in [-0.3, -0.25) is 0 Å². The number of likely N-dealkylation sites (tertiary alicyclic amines) is 1. The molecular formula is C18H29NO2. The predicted octanol–water partition coefficient (Wildman–Crippen LogP) is 3.17. The molecule has 0 aromatic heterocycles. The van der Waals surface area contributed by atoms with Gasteiger partial charge in [-0.25, -0.2) is 0 Å². The van der Waals surface area contributed by atoms with Gasteiger partial charge in [-0.1, -0.05) is 37.6 Å². The summed E-state index contributed by atoms with van der Waals surface area (Å²) >= 11 is 0. The number of β-amino-alcohol motifs (C(OH)–C–C–N with tert-alkyl or cyclic N) is 1. The van der Waals surface area contributed by atoms with Crippen molar-refractivity contribution in [3.63, 3.8) is 0 Å². The highest BCUT2D eigenvalue weighted by molar-refractivity contribution is 5.29. The van der Waals surface area contributed by atoms with Crippen LogP contribution in [0.25, 0.3) is 0 Å². The molecule has 118 valence electrons. The summed E-state index contributed by atoms with van der Waals surface area (Å²) in [6.07, 6.45) is 4.40. The Kier molecular flexibility index (Phi) is 6.68. The Morgan fingerprint density at radius 2 is 1.95 bits per heavy atom.